The summed E-state index contributed by atoms with van der Waals surface area (Å²) in [5, 5.41) is 4.72. The summed E-state index contributed by atoms with van der Waals surface area (Å²) in [5.74, 6) is -0.283. The third kappa shape index (κ3) is 3.73. The van der Waals surface area contributed by atoms with Crippen molar-refractivity contribution in [1.29, 1.82) is 0 Å². The van der Waals surface area contributed by atoms with Gasteiger partial charge in [0.05, 0.1) is 0 Å². The first-order valence-electron chi connectivity index (χ1n) is 8.38. The highest BCUT2D eigenvalue weighted by atomic mass is 31.2. The van der Waals surface area contributed by atoms with E-state index in [4.69, 9.17) is 0 Å². The third-order valence-electron chi connectivity index (χ3n) is 4.27. The molecular weight excluding hydrogens is 332 g/mol. The Balaban J connectivity index is 2.07. The van der Waals surface area contributed by atoms with Crippen LogP contribution in [0, 0.1) is 5.82 Å². The number of nitrogens with one attached hydrogen (secondary N) is 1. The van der Waals surface area contributed by atoms with E-state index in [1.54, 1.807) is 18.2 Å². The molecule has 2 nitrogen and oxygen atoms in total. The lowest BCUT2D eigenvalue weighted by Gasteiger charge is -2.27. The highest BCUT2D eigenvalue weighted by molar-refractivity contribution is 7.76. The van der Waals surface area contributed by atoms with Crippen molar-refractivity contribution in [3.63, 3.8) is 0 Å². The van der Waals surface area contributed by atoms with Crippen molar-refractivity contribution >= 4 is 17.9 Å². The van der Waals surface area contributed by atoms with E-state index in [-0.39, 0.29) is 11.9 Å². The molecule has 4 heteroatoms. The average Bonchev–Trinajstić information content (AvgIpc) is 2.68. The fourth-order valence-corrected chi connectivity index (χ4v) is 5.47. The molecule has 0 saturated carbocycles. The van der Waals surface area contributed by atoms with E-state index in [2.05, 4.69) is 5.09 Å². The summed E-state index contributed by atoms with van der Waals surface area (Å²) in [7, 11) is -3.10. The molecule has 0 heterocycles. The summed E-state index contributed by atoms with van der Waals surface area (Å²) in [4.78, 5) is 0. The fraction of sp³-hybridized carbons (Fsp3) is 0.143. The van der Waals surface area contributed by atoms with Gasteiger partial charge in [0, 0.05) is 22.2 Å². The quantitative estimate of drug-likeness (QED) is 0.645. The van der Waals surface area contributed by atoms with Crippen LogP contribution in [0.3, 0.4) is 0 Å². The maximum Gasteiger partial charge on any atom is 0.205 e. The number of halogens is 1. The van der Waals surface area contributed by atoms with Gasteiger partial charge in [0.2, 0.25) is 7.29 Å². The third-order valence-corrected chi connectivity index (χ3v) is 6.99. The molecule has 0 unspecified atom stereocenters. The predicted molar refractivity (Wildman–Crippen MR) is 102 cm³/mol. The van der Waals surface area contributed by atoms with Gasteiger partial charge in [0.1, 0.15) is 5.82 Å². The molecule has 3 rings (SSSR count). The molecule has 1 atom stereocenters. The van der Waals surface area contributed by atoms with Crippen LogP contribution in [0.25, 0.3) is 0 Å². The minimum Gasteiger partial charge on any atom is -0.297 e. The first-order chi connectivity index (χ1) is 12.1. The van der Waals surface area contributed by atoms with Crippen LogP contribution >= 0.6 is 7.29 Å². The second-order valence-electron chi connectivity index (χ2n) is 5.89. The largest absolute Gasteiger partial charge is 0.297 e. The standard InChI is InChI=1S/C21H21FNOP/c1-2-21(19-15-9-10-16-20(19)22)23-25(24,17-11-5-3-6-12-17)18-13-7-4-8-14-18/h3-16,21H,2H2,1H3,(H,23,24)/t21-/m1/s1. The Morgan fingerprint density at radius 1 is 0.840 bits per heavy atom. The number of benzene rings is 3. The molecule has 0 aliphatic rings. The van der Waals surface area contributed by atoms with Gasteiger partial charge in [0.15, 0.2) is 0 Å². The van der Waals surface area contributed by atoms with Crippen LogP contribution in [0.15, 0.2) is 84.9 Å². The number of hydrogen-bond donors (Lipinski definition) is 1. The minimum absolute atomic E-state index is 0.283. The predicted octanol–water partition coefficient (Wildman–Crippen LogP) is 4.80. The average molecular weight is 353 g/mol. The van der Waals surface area contributed by atoms with Gasteiger partial charge in [-0.1, -0.05) is 61.5 Å². The normalized spacial score (nSPS) is 12.7. The van der Waals surface area contributed by atoms with Gasteiger partial charge in [-0.3, -0.25) is 9.65 Å². The zero-order valence-electron chi connectivity index (χ0n) is 14.1. The molecule has 0 aliphatic heterocycles. The second kappa shape index (κ2) is 7.77. The molecule has 0 amide bonds. The van der Waals surface area contributed by atoms with Crippen molar-refractivity contribution in [2.24, 2.45) is 0 Å². The Morgan fingerprint density at radius 3 is 1.80 bits per heavy atom. The number of rotatable bonds is 6. The molecule has 0 aliphatic carbocycles. The summed E-state index contributed by atoms with van der Waals surface area (Å²) in [6, 6.07) is 25.0. The van der Waals surface area contributed by atoms with Gasteiger partial charge in [0.25, 0.3) is 0 Å². The van der Waals surface area contributed by atoms with E-state index in [0.717, 1.165) is 10.6 Å². The van der Waals surface area contributed by atoms with Crippen molar-refractivity contribution in [3.05, 3.63) is 96.3 Å². The van der Waals surface area contributed by atoms with Crippen LogP contribution < -0.4 is 15.7 Å². The molecule has 0 aromatic heterocycles. The first kappa shape index (κ1) is 17.6. The van der Waals surface area contributed by atoms with Crippen LogP contribution in [-0.4, -0.2) is 0 Å². The Hall–Kier alpha value is -2.22. The molecule has 0 spiro atoms. The van der Waals surface area contributed by atoms with Crippen molar-refractivity contribution < 1.29 is 8.96 Å². The lowest BCUT2D eigenvalue weighted by molar-refractivity contribution is 0.533. The van der Waals surface area contributed by atoms with Crippen molar-refractivity contribution in [3.8, 4) is 0 Å². The van der Waals surface area contributed by atoms with Crippen molar-refractivity contribution in [1.82, 2.24) is 5.09 Å². The maximum atomic E-state index is 14.3. The summed E-state index contributed by atoms with van der Waals surface area (Å²) < 4.78 is 28.3. The molecule has 1 N–H and O–H groups in total. The summed E-state index contributed by atoms with van der Waals surface area (Å²) in [6.45, 7) is 1.96. The SMILES string of the molecule is CC[C@@H](NP(=O)(c1ccccc1)c1ccccc1)c1ccccc1F. The van der Waals surface area contributed by atoms with Crippen LogP contribution in [0.2, 0.25) is 0 Å². The van der Waals surface area contributed by atoms with E-state index in [1.807, 2.05) is 67.6 Å². The first-order valence-corrected chi connectivity index (χ1v) is 10.1. The molecular formula is C21H21FNOP. The Kier molecular flexibility index (Phi) is 5.47. The van der Waals surface area contributed by atoms with Gasteiger partial charge in [-0.15, -0.1) is 0 Å². The summed E-state index contributed by atoms with van der Waals surface area (Å²) >= 11 is 0. The van der Waals surface area contributed by atoms with Crippen LogP contribution in [0.4, 0.5) is 4.39 Å². The topological polar surface area (TPSA) is 29.1 Å². The van der Waals surface area contributed by atoms with E-state index < -0.39 is 7.29 Å². The lowest BCUT2D eigenvalue weighted by atomic mass is 10.1. The Bertz CT molecular complexity index is 824. The van der Waals surface area contributed by atoms with Crippen LogP contribution in [0.1, 0.15) is 24.9 Å². The molecule has 3 aromatic rings. The second-order valence-corrected chi connectivity index (χ2v) is 8.40. The van der Waals surface area contributed by atoms with Gasteiger partial charge >= 0.3 is 0 Å². The smallest absolute Gasteiger partial charge is 0.205 e. The maximum absolute atomic E-state index is 14.3. The Morgan fingerprint density at radius 2 is 1.32 bits per heavy atom. The Labute approximate surface area is 148 Å². The van der Waals surface area contributed by atoms with E-state index in [9.17, 15) is 8.96 Å². The highest BCUT2D eigenvalue weighted by Gasteiger charge is 2.30. The van der Waals surface area contributed by atoms with Crippen LogP contribution in [0.5, 0.6) is 0 Å². The van der Waals surface area contributed by atoms with E-state index in [0.29, 0.717) is 12.0 Å². The van der Waals surface area contributed by atoms with Gasteiger partial charge in [-0.05, 0) is 36.8 Å². The van der Waals surface area contributed by atoms with E-state index in [1.165, 1.54) is 6.07 Å². The zero-order chi connectivity index (χ0) is 17.7. The van der Waals surface area contributed by atoms with Crippen LogP contribution in [-0.2, 0) is 4.57 Å². The van der Waals surface area contributed by atoms with Gasteiger partial charge in [-0.2, -0.15) is 0 Å². The molecule has 0 radical (unpaired) electrons. The minimum atomic E-state index is -3.10. The fourth-order valence-electron chi connectivity index (χ4n) is 2.93. The molecule has 0 saturated heterocycles. The summed E-state index contributed by atoms with van der Waals surface area (Å²) in [6.07, 6.45) is 0.630. The monoisotopic (exact) mass is 353 g/mol. The lowest BCUT2D eigenvalue weighted by Crippen LogP contribution is -2.30. The molecule has 0 fully saturated rings. The van der Waals surface area contributed by atoms with E-state index >= 15 is 0 Å². The number of hydrogen-bond acceptors (Lipinski definition) is 1. The zero-order valence-corrected chi connectivity index (χ0v) is 15.0. The molecule has 0 bridgehead atoms. The van der Waals surface area contributed by atoms with Crippen molar-refractivity contribution in [2.75, 3.05) is 0 Å². The van der Waals surface area contributed by atoms with Gasteiger partial charge in [-0.25, -0.2) is 4.39 Å². The van der Waals surface area contributed by atoms with Gasteiger partial charge < -0.3 is 0 Å². The molecule has 128 valence electrons. The molecule has 3 aromatic carbocycles. The highest BCUT2D eigenvalue weighted by Crippen LogP contribution is 2.42. The summed E-state index contributed by atoms with van der Waals surface area (Å²) in [5.41, 5.74) is 0.539. The van der Waals surface area contributed by atoms with Crippen molar-refractivity contribution in [2.45, 2.75) is 19.4 Å². The molecule has 25 heavy (non-hydrogen) atoms.